The van der Waals surface area contributed by atoms with Gasteiger partial charge >= 0.3 is 0 Å². The molecular weight excluding hydrogens is 250 g/mol. The monoisotopic (exact) mass is 277 g/mol. The Morgan fingerprint density at radius 3 is 2.85 bits per heavy atom. The average molecular weight is 277 g/mol. The first kappa shape index (κ1) is 15.3. The smallest absolute Gasteiger partial charge is 0.127 e. The van der Waals surface area contributed by atoms with E-state index in [0.717, 1.165) is 31.6 Å². The Kier molecular flexibility index (Phi) is 5.44. The number of hydrogen-bond donors (Lipinski definition) is 2. The summed E-state index contributed by atoms with van der Waals surface area (Å²) < 4.78 is 6.02. The van der Waals surface area contributed by atoms with Crippen LogP contribution in [0.1, 0.15) is 63.1 Å². The van der Waals surface area contributed by atoms with Gasteiger partial charge in [-0.1, -0.05) is 32.0 Å². The van der Waals surface area contributed by atoms with Crippen LogP contribution in [-0.4, -0.2) is 24.4 Å². The Morgan fingerprint density at radius 1 is 1.35 bits per heavy atom. The van der Waals surface area contributed by atoms with Gasteiger partial charge in [-0.25, -0.2) is 0 Å². The third-order valence-electron chi connectivity index (χ3n) is 4.00. The summed E-state index contributed by atoms with van der Waals surface area (Å²) in [6.07, 6.45) is 2.94. The zero-order valence-electron chi connectivity index (χ0n) is 12.9. The minimum atomic E-state index is 0.232. The third-order valence-corrected chi connectivity index (χ3v) is 4.00. The van der Waals surface area contributed by atoms with E-state index in [1.807, 2.05) is 0 Å². The Balaban J connectivity index is 2.27. The topological polar surface area (TPSA) is 41.5 Å². The molecule has 1 aliphatic heterocycles. The zero-order chi connectivity index (χ0) is 14.5. The predicted molar refractivity (Wildman–Crippen MR) is 82.3 cm³/mol. The van der Waals surface area contributed by atoms with Gasteiger partial charge in [0.15, 0.2) is 0 Å². The largest absolute Gasteiger partial charge is 0.493 e. The lowest BCUT2D eigenvalue weighted by atomic mass is 9.94. The predicted octanol–water partition coefficient (Wildman–Crippen LogP) is 3.38. The molecule has 0 spiro atoms. The fourth-order valence-corrected chi connectivity index (χ4v) is 2.88. The van der Waals surface area contributed by atoms with E-state index in [-0.39, 0.29) is 6.61 Å². The van der Waals surface area contributed by atoms with Gasteiger partial charge < -0.3 is 15.2 Å². The van der Waals surface area contributed by atoms with Crippen LogP contribution in [0.15, 0.2) is 18.2 Å². The fraction of sp³-hybridized carbons (Fsp3) is 0.647. The maximum Gasteiger partial charge on any atom is 0.127 e. The van der Waals surface area contributed by atoms with Gasteiger partial charge in [-0.3, -0.25) is 0 Å². The number of aliphatic hydroxyl groups excluding tert-OH is 1. The molecule has 0 saturated heterocycles. The Hall–Kier alpha value is -1.06. The highest BCUT2D eigenvalue weighted by atomic mass is 16.5. The Labute approximate surface area is 122 Å². The highest BCUT2D eigenvalue weighted by Crippen LogP contribution is 2.37. The molecule has 1 heterocycles. The third kappa shape index (κ3) is 3.53. The number of rotatable bonds is 5. The molecule has 2 N–H and O–H groups in total. The molecule has 0 aromatic heterocycles. The number of benzene rings is 1. The maximum atomic E-state index is 9.07. The van der Waals surface area contributed by atoms with Crippen LogP contribution in [0.3, 0.4) is 0 Å². The van der Waals surface area contributed by atoms with E-state index in [4.69, 9.17) is 9.84 Å². The van der Waals surface area contributed by atoms with Gasteiger partial charge in [-0.2, -0.15) is 0 Å². The number of hydrogen-bond acceptors (Lipinski definition) is 3. The van der Waals surface area contributed by atoms with E-state index < -0.39 is 0 Å². The quantitative estimate of drug-likeness (QED) is 0.867. The average Bonchev–Trinajstić information content (AvgIpc) is 2.61. The highest BCUT2D eigenvalue weighted by Gasteiger charge is 2.23. The van der Waals surface area contributed by atoms with Crippen molar-refractivity contribution in [2.45, 2.75) is 58.0 Å². The lowest BCUT2D eigenvalue weighted by Gasteiger charge is -2.24. The van der Waals surface area contributed by atoms with E-state index in [1.165, 1.54) is 11.1 Å². The van der Waals surface area contributed by atoms with Gasteiger partial charge in [-0.05, 0) is 37.7 Å². The normalized spacial score (nSPS) is 20.1. The summed E-state index contributed by atoms with van der Waals surface area (Å²) >= 11 is 0. The summed E-state index contributed by atoms with van der Waals surface area (Å²) in [5.74, 6) is 1.55. The van der Waals surface area contributed by atoms with Crippen LogP contribution < -0.4 is 10.1 Å². The molecule has 1 aromatic carbocycles. The van der Waals surface area contributed by atoms with E-state index in [0.29, 0.717) is 18.0 Å². The molecule has 0 fully saturated rings. The van der Waals surface area contributed by atoms with E-state index in [9.17, 15) is 0 Å². The summed E-state index contributed by atoms with van der Waals surface area (Å²) in [5, 5.41) is 12.7. The minimum Gasteiger partial charge on any atom is -0.493 e. The summed E-state index contributed by atoms with van der Waals surface area (Å²) in [4.78, 5) is 0. The van der Waals surface area contributed by atoms with Crippen LogP contribution in [-0.2, 0) is 0 Å². The second kappa shape index (κ2) is 7.09. The summed E-state index contributed by atoms with van der Waals surface area (Å²) in [6, 6.07) is 7.12. The Morgan fingerprint density at radius 2 is 2.15 bits per heavy atom. The molecule has 1 unspecified atom stereocenters. The number of nitrogens with one attached hydrogen (secondary N) is 1. The summed E-state index contributed by atoms with van der Waals surface area (Å²) in [7, 11) is 0. The van der Waals surface area contributed by atoms with Crippen molar-refractivity contribution in [3.63, 3.8) is 0 Å². The van der Waals surface area contributed by atoms with Crippen LogP contribution >= 0.6 is 0 Å². The van der Waals surface area contributed by atoms with Crippen molar-refractivity contribution < 1.29 is 9.84 Å². The van der Waals surface area contributed by atoms with Crippen molar-refractivity contribution in [2.75, 3.05) is 13.2 Å². The van der Waals surface area contributed by atoms with Gasteiger partial charge in [-0.15, -0.1) is 0 Å². The van der Waals surface area contributed by atoms with E-state index in [2.05, 4.69) is 44.3 Å². The maximum absolute atomic E-state index is 9.07. The first-order chi connectivity index (χ1) is 9.63. The fourth-order valence-electron chi connectivity index (χ4n) is 2.88. The van der Waals surface area contributed by atoms with Gasteiger partial charge in [0, 0.05) is 24.3 Å². The molecule has 2 rings (SSSR count). The van der Waals surface area contributed by atoms with E-state index in [1.54, 1.807) is 0 Å². The van der Waals surface area contributed by atoms with Gasteiger partial charge in [0.05, 0.1) is 6.61 Å². The molecule has 0 bridgehead atoms. The van der Waals surface area contributed by atoms with Crippen molar-refractivity contribution in [3.05, 3.63) is 29.3 Å². The van der Waals surface area contributed by atoms with Crippen LogP contribution in [0.4, 0.5) is 0 Å². The molecule has 0 amide bonds. The van der Waals surface area contributed by atoms with Crippen LogP contribution in [0, 0.1) is 0 Å². The first-order valence-corrected chi connectivity index (χ1v) is 7.76. The van der Waals surface area contributed by atoms with Crippen molar-refractivity contribution in [1.29, 1.82) is 0 Å². The molecule has 1 aliphatic rings. The van der Waals surface area contributed by atoms with Crippen molar-refractivity contribution in [3.8, 4) is 5.75 Å². The van der Waals surface area contributed by atoms with Crippen molar-refractivity contribution in [2.24, 2.45) is 0 Å². The molecule has 0 radical (unpaired) electrons. The molecule has 0 aliphatic carbocycles. The lowest BCUT2D eigenvalue weighted by molar-refractivity contribution is 0.261. The molecule has 20 heavy (non-hydrogen) atoms. The van der Waals surface area contributed by atoms with Crippen LogP contribution in [0.25, 0.3) is 0 Å². The molecule has 1 aromatic rings. The molecule has 0 saturated carbocycles. The molecule has 3 nitrogen and oxygen atoms in total. The summed E-state index contributed by atoms with van der Waals surface area (Å²) in [6.45, 7) is 7.58. The van der Waals surface area contributed by atoms with E-state index >= 15 is 0 Å². The van der Waals surface area contributed by atoms with Gasteiger partial charge in [0.2, 0.25) is 0 Å². The Bertz CT molecular complexity index is 431. The second-order valence-electron chi connectivity index (χ2n) is 6.04. The van der Waals surface area contributed by atoms with Gasteiger partial charge in [0.1, 0.15) is 5.75 Å². The van der Waals surface area contributed by atoms with Crippen molar-refractivity contribution >= 4 is 0 Å². The van der Waals surface area contributed by atoms with Crippen molar-refractivity contribution in [1.82, 2.24) is 5.32 Å². The number of para-hydroxylation sites is 1. The van der Waals surface area contributed by atoms with Crippen LogP contribution in [0.5, 0.6) is 5.75 Å². The molecule has 2 atom stereocenters. The van der Waals surface area contributed by atoms with Crippen LogP contribution in [0.2, 0.25) is 0 Å². The molecule has 3 heteroatoms. The SMILES string of the molecule is CC(C)c1cccc2c1OCCCC2N[C@H](C)CCO. The first-order valence-electron chi connectivity index (χ1n) is 7.76. The molecular formula is C17H27NO2. The number of aliphatic hydroxyl groups is 1. The van der Waals surface area contributed by atoms with Gasteiger partial charge in [0.25, 0.3) is 0 Å². The standard InChI is InChI=1S/C17H27NO2/c1-12(2)14-6-4-7-15-16(18-13(3)9-10-19)8-5-11-20-17(14)15/h4,6-7,12-13,16,18-19H,5,8-11H2,1-3H3/t13-,16?/m1/s1. The minimum absolute atomic E-state index is 0.232. The zero-order valence-corrected chi connectivity index (χ0v) is 12.9. The second-order valence-corrected chi connectivity index (χ2v) is 6.04. The lowest BCUT2D eigenvalue weighted by Crippen LogP contribution is -2.31. The number of fused-ring (bicyclic) bond motifs is 1. The highest BCUT2D eigenvalue weighted by molar-refractivity contribution is 5.45. The molecule has 112 valence electrons. The number of ether oxygens (including phenoxy) is 1. The summed E-state index contributed by atoms with van der Waals surface area (Å²) in [5.41, 5.74) is 2.57.